The Hall–Kier alpha value is -0.730. The Bertz CT molecular complexity index is 381. The van der Waals surface area contributed by atoms with Crippen LogP contribution in [0.3, 0.4) is 0 Å². The number of hydrogen-bond acceptors (Lipinski definition) is 2. The van der Waals surface area contributed by atoms with Crippen molar-refractivity contribution < 1.29 is 4.74 Å². The van der Waals surface area contributed by atoms with Crippen LogP contribution >= 0.6 is 11.6 Å². The number of benzene rings is 1. The maximum atomic E-state index is 6.15. The van der Waals surface area contributed by atoms with Crippen LogP contribution in [0.1, 0.15) is 64.0 Å². The molecule has 1 rings (SSSR count). The van der Waals surface area contributed by atoms with E-state index in [1.54, 1.807) is 7.11 Å². The normalized spacial score (nSPS) is 12.4. The Morgan fingerprint density at radius 2 is 1.95 bits per heavy atom. The average molecular weight is 298 g/mol. The largest absolute Gasteiger partial charge is 0.496 e. The van der Waals surface area contributed by atoms with Crippen molar-refractivity contribution in [3.63, 3.8) is 0 Å². The second-order valence-corrected chi connectivity index (χ2v) is 5.68. The highest BCUT2D eigenvalue weighted by Gasteiger charge is 2.15. The minimum absolute atomic E-state index is 0.334. The van der Waals surface area contributed by atoms with Crippen molar-refractivity contribution in [2.75, 3.05) is 13.7 Å². The minimum atomic E-state index is 0.334. The summed E-state index contributed by atoms with van der Waals surface area (Å²) in [4.78, 5) is 0. The molecule has 0 bridgehead atoms. The van der Waals surface area contributed by atoms with Gasteiger partial charge in [0.2, 0.25) is 0 Å². The second kappa shape index (κ2) is 10.1. The first-order valence-corrected chi connectivity index (χ1v) is 8.17. The number of unbranched alkanes of at least 4 members (excludes halogenated alkanes) is 3. The standard InChI is InChI=1S/C17H28ClNO/c1-4-6-7-8-9-16(19-12-5-2)15-13-14(18)10-11-17(15)20-3/h10-11,13,16,19H,4-9,12H2,1-3H3. The number of halogens is 1. The van der Waals surface area contributed by atoms with Crippen molar-refractivity contribution >= 4 is 11.6 Å². The summed E-state index contributed by atoms with van der Waals surface area (Å²) in [6, 6.07) is 6.22. The molecule has 0 heterocycles. The molecule has 0 aliphatic rings. The maximum absolute atomic E-state index is 6.15. The Balaban J connectivity index is 2.77. The van der Waals surface area contributed by atoms with E-state index >= 15 is 0 Å². The van der Waals surface area contributed by atoms with Crippen LogP contribution in [0.2, 0.25) is 5.02 Å². The molecule has 3 heteroatoms. The summed E-state index contributed by atoms with van der Waals surface area (Å²) in [5.74, 6) is 0.929. The molecule has 0 saturated carbocycles. The van der Waals surface area contributed by atoms with Crippen LogP contribution < -0.4 is 10.1 Å². The van der Waals surface area contributed by atoms with E-state index in [0.717, 1.165) is 30.2 Å². The summed E-state index contributed by atoms with van der Waals surface area (Å²) in [6.07, 6.45) is 7.39. The van der Waals surface area contributed by atoms with E-state index in [1.807, 2.05) is 18.2 Å². The highest BCUT2D eigenvalue weighted by atomic mass is 35.5. The number of nitrogens with one attached hydrogen (secondary N) is 1. The third kappa shape index (κ3) is 5.72. The highest BCUT2D eigenvalue weighted by Crippen LogP contribution is 2.31. The van der Waals surface area contributed by atoms with Crippen molar-refractivity contribution in [1.82, 2.24) is 5.32 Å². The molecule has 1 aromatic rings. The van der Waals surface area contributed by atoms with Crippen LogP contribution in [-0.4, -0.2) is 13.7 Å². The highest BCUT2D eigenvalue weighted by molar-refractivity contribution is 6.30. The van der Waals surface area contributed by atoms with Gasteiger partial charge in [0, 0.05) is 16.6 Å². The lowest BCUT2D eigenvalue weighted by Gasteiger charge is -2.21. The van der Waals surface area contributed by atoms with Crippen molar-refractivity contribution in [1.29, 1.82) is 0 Å². The molecule has 0 saturated heterocycles. The van der Waals surface area contributed by atoms with E-state index in [4.69, 9.17) is 16.3 Å². The zero-order chi connectivity index (χ0) is 14.8. The molecule has 114 valence electrons. The molecule has 0 amide bonds. The first kappa shape index (κ1) is 17.3. The van der Waals surface area contributed by atoms with Crippen LogP contribution in [0.15, 0.2) is 18.2 Å². The molecule has 1 N–H and O–H groups in total. The van der Waals surface area contributed by atoms with Gasteiger partial charge < -0.3 is 10.1 Å². The molecule has 0 aliphatic carbocycles. The fraction of sp³-hybridized carbons (Fsp3) is 0.647. The molecular formula is C17H28ClNO. The molecular weight excluding hydrogens is 270 g/mol. The van der Waals surface area contributed by atoms with Crippen molar-refractivity contribution in [2.24, 2.45) is 0 Å². The van der Waals surface area contributed by atoms with E-state index < -0.39 is 0 Å². The molecule has 0 fully saturated rings. The predicted octanol–water partition coefficient (Wildman–Crippen LogP) is 5.36. The molecule has 2 nitrogen and oxygen atoms in total. The Morgan fingerprint density at radius 3 is 2.60 bits per heavy atom. The van der Waals surface area contributed by atoms with Crippen molar-refractivity contribution in [2.45, 2.75) is 58.4 Å². The van der Waals surface area contributed by atoms with Crippen LogP contribution in [-0.2, 0) is 0 Å². The van der Waals surface area contributed by atoms with E-state index in [1.165, 1.54) is 31.2 Å². The predicted molar refractivity (Wildman–Crippen MR) is 87.8 cm³/mol. The quantitative estimate of drug-likeness (QED) is 0.587. The van der Waals surface area contributed by atoms with Crippen LogP contribution in [0.25, 0.3) is 0 Å². The zero-order valence-electron chi connectivity index (χ0n) is 13.0. The molecule has 0 aliphatic heterocycles. The lowest BCUT2D eigenvalue weighted by molar-refractivity contribution is 0.391. The summed E-state index contributed by atoms with van der Waals surface area (Å²) >= 11 is 6.15. The van der Waals surface area contributed by atoms with Gasteiger partial charge in [0.1, 0.15) is 5.75 Å². The number of rotatable bonds is 10. The molecule has 0 aromatic heterocycles. The third-order valence-electron chi connectivity index (χ3n) is 3.55. The molecule has 20 heavy (non-hydrogen) atoms. The Kier molecular flexibility index (Phi) is 8.72. The lowest BCUT2D eigenvalue weighted by Crippen LogP contribution is -2.22. The van der Waals surface area contributed by atoms with Gasteiger partial charge >= 0.3 is 0 Å². The van der Waals surface area contributed by atoms with Crippen molar-refractivity contribution in [3.8, 4) is 5.75 Å². The number of ether oxygens (including phenoxy) is 1. The lowest BCUT2D eigenvalue weighted by atomic mass is 9.99. The average Bonchev–Trinajstić information content (AvgIpc) is 2.46. The molecule has 1 unspecified atom stereocenters. The fourth-order valence-electron chi connectivity index (χ4n) is 2.44. The first-order valence-electron chi connectivity index (χ1n) is 7.79. The van der Waals surface area contributed by atoms with Gasteiger partial charge in [-0.2, -0.15) is 0 Å². The SMILES string of the molecule is CCCCCCC(NCCC)c1cc(Cl)ccc1OC. The molecule has 1 atom stereocenters. The van der Waals surface area contributed by atoms with Gasteiger partial charge in [-0.05, 0) is 37.6 Å². The monoisotopic (exact) mass is 297 g/mol. The summed E-state index contributed by atoms with van der Waals surface area (Å²) in [5.41, 5.74) is 1.19. The van der Waals surface area contributed by atoms with Gasteiger partial charge in [-0.25, -0.2) is 0 Å². The molecule has 0 spiro atoms. The zero-order valence-corrected chi connectivity index (χ0v) is 13.8. The summed E-state index contributed by atoms with van der Waals surface area (Å²) in [5, 5.41) is 4.40. The number of hydrogen-bond donors (Lipinski definition) is 1. The Morgan fingerprint density at radius 1 is 1.15 bits per heavy atom. The van der Waals surface area contributed by atoms with Crippen LogP contribution in [0.5, 0.6) is 5.75 Å². The van der Waals surface area contributed by atoms with Gasteiger partial charge in [0.15, 0.2) is 0 Å². The van der Waals surface area contributed by atoms with Gasteiger partial charge in [0.25, 0.3) is 0 Å². The van der Waals surface area contributed by atoms with Crippen LogP contribution in [0, 0.1) is 0 Å². The summed E-state index contributed by atoms with van der Waals surface area (Å²) in [7, 11) is 1.72. The van der Waals surface area contributed by atoms with Gasteiger partial charge in [0.05, 0.1) is 7.11 Å². The minimum Gasteiger partial charge on any atom is -0.496 e. The van der Waals surface area contributed by atoms with Crippen LogP contribution in [0.4, 0.5) is 0 Å². The molecule has 1 aromatic carbocycles. The topological polar surface area (TPSA) is 21.3 Å². The smallest absolute Gasteiger partial charge is 0.123 e. The van der Waals surface area contributed by atoms with Crippen molar-refractivity contribution in [3.05, 3.63) is 28.8 Å². The van der Waals surface area contributed by atoms with Gasteiger partial charge in [-0.15, -0.1) is 0 Å². The van der Waals surface area contributed by atoms with E-state index in [9.17, 15) is 0 Å². The first-order chi connectivity index (χ1) is 9.72. The van der Waals surface area contributed by atoms with E-state index in [0.29, 0.717) is 6.04 Å². The second-order valence-electron chi connectivity index (χ2n) is 5.24. The summed E-state index contributed by atoms with van der Waals surface area (Å²) in [6.45, 7) is 5.46. The molecule has 0 radical (unpaired) electrons. The van der Waals surface area contributed by atoms with Gasteiger partial charge in [-0.3, -0.25) is 0 Å². The number of methoxy groups -OCH3 is 1. The van der Waals surface area contributed by atoms with Gasteiger partial charge in [-0.1, -0.05) is 51.1 Å². The Labute approximate surface area is 128 Å². The summed E-state index contributed by atoms with van der Waals surface area (Å²) < 4.78 is 5.49. The fourth-order valence-corrected chi connectivity index (χ4v) is 2.62. The maximum Gasteiger partial charge on any atom is 0.123 e. The van der Waals surface area contributed by atoms with E-state index in [2.05, 4.69) is 19.2 Å². The van der Waals surface area contributed by atoms with E-state index in [-0.39, 0.29) is 0 Å². The third-order valence-corrected chi connectivity index (χ3v) is 3.79.